The van der Waals surface area contributed by atoms with E-state index in [1.165, 1.54) is 0 Å². The second-order valence-corrected chi connectivity index (χ2v) is 6.51. The first-order valence-corrected chi connectivity index (χ1v) is 9.14. The molecule has 0 spiro atoms. The van der Waals surface area contributed by atoms with Crippen molar-refractivity contribution in [3.63, 3.8) is 0 Å². The molecule has 0 aliphatic rings. The molecule has 4 aromatic carbocycles. The van der Waals surface area contributed by atoms with Gasteiger partial charge in [-0.15, -0.1) is 0 Å². The third kappa shape index (κ3) is 3.01. The van der Waals surface area contributed by atoms with Crippen molar-refractivity contribution in [3.05, 3.63) is 96.8 Å². The van der Waals surface area contributed by atoms with E-state index in [-0.39, 0.29) is 11.3 Å². The van der Waals surface area contributed by atoms with Gasteiger partial charge in [0.1, 0.15) is 5.75 Å². The topological polar surface area (TPSA) is 32.3 Å². The zero-order valence-electron chi connectivity index (χ0n) is 15.5. The molecule has 0 atom stereocenters. The molecule has 0 radical (unpaired) electrons. The number of rotatable bonds is 4. The molecule has 0 fully saturated rings. The number of phenolic OH excluding ortho intramolecular Hbond substituents is 1. The maximum atomic E-state index is 15.6. The third-order valence-electron chi connectivity index (χ3n) is 4.85. The summed E-state index contributed by atoms with van der Waals surface area (Å²) in [6, 6.07) is 28.3. The number of nitrogens with one attached hydrogen (secondary N) is 1. The quantitative estimate of drug-likeness (QED) is 0.399. The average molecular weight is 369 g/mol. The van der Waals surface area contributed by atoms with Crippen LogP contribution in [0.15, 0.2) is 91.0 Å². The summed E-state index contributed by atoms with van der Waals surface area (Å²) in [4.78, 5) is 0. The van der Waals surface area contributed by atoms with Crippen LogP contribution in [0.25, 0.3) is 33.4 Å². The first-order valence-electron chi connectivity index (χ1n) is 9.14. The summed E-state index contributed by atoms with van der Waals surface area (Å²) >= 11 is 0. The van der Waals surface area contributed by atoms with Crippen LogP contribution < -0.4 is 5.32 Å². The van der Waals surface area contributed by atoms with Crippen molar-refractivity contribution in [1.82, 2.24) is 0 Å². The Morgan fingerprint density at radius 2 is 1.00 bits per heavy atom. The largest absolute Gasteiger partial charge is 0.507 e. The summed E-state index contributed by atoms with van der Waals surface area (Å²) in [6.07, 6.45) is 0. The van der Waals surface area contributed by atoms with Crippen LogP contribution in [0.3, 0.4) is 0 Å². The summed E-state index contributed by atoms with van der Waals surface area (Å²) in [6.45, 7) is 0. The summed E-state index contributed by atoms with van der Waals surface area (Å²) in [5.74, 6) is -0.530. The highest BCUT2D eigenvalue weighted by molar-refractivity contribution is 6.00. The summed E-state index contributed by atoms with van der Waals surface area (Å²) in [5, 5.41) is 14.3. The molecule has 28 heavy (non-hydrogen) atoms. The first kappa shape index (κ1) is 17.8. The zero-order valence-corrected chi connectivity index (χ0v) is 15.5. The number of benzene rings is 4. The van der Waals surface area contributed by atoms with Gasteiger partial charge in [-0.1, -0.05) is 91.0 Å². The van der Waals surface area contributed by atoms with Crippen molar-refractivity contribution in [2.24, 2.45) is 0 Å². The Hall–Kier alpha value is -3.59. The fourth-order valence-corrected chi connectivity index (χ4v) is 3.59. The molecule has 0 heterocycles. The molecule has 138 valence electrons. The van der Waals surface area contributed by atoms with Crippen molar-refractivity contribution >= 4 is 5.69 Å². The summed E-state index contributed by atoms with van der Waals surface area (Å²) < 4.78 is 15.6. The van der Waals surface area contributed by atoms with Crippen molar-refractivity contribution in [2.75, 3.05) is 12.4 Å². The van der Waals surface area contributed by atoms with Crippen LogP contribution in [0.1, 0.15) is 0 Å². The lowest BCUT2D eigenvalue weighted by molar-refractivity contribution is 0.474. The Morgan fingerprint density at radius 3 is 1.43 bits per heavy atom. The lowest BCUT2D eigenvalue weighted by atomic mass is 9.87. The molecule has 0 aliphatic heterocycles. The third-order valence-corrected chi connectivity index (χ3v) is 4.85. The molecule has 0 bridgehead atoms. The maximum absolute atomic E-state index is 15.6. The van der Waals surface area contributed by atoms with Crippen LogP contribution in [0.2, 0.25) is 0 Å². The minimum absolute atomic E-state index is 0.0623. The van der Waals surface area contributed by atoms with Gasteiger partial charge in [0.2, 0.25) is 0 Å². The molecule has 4 aromatic rings. The molecule has 0 unspecified atom stereocenters. The van der Waals surface area contributed by atoms with Crippen LogP contribution in [-0.4, -0.2) is 12.2 Å². The fraction of sp³-hybridized carbons (Fsp3) is 0.0400. The van der Waals surface area contributed by atoms with E-state index in [0.717, 1.165) is 11.1 Å². The Labute approximate surface area is 163 Å². The number of phenols is 1. The van der Waals surface area contributed by atoms with Gasteiger partial charge in [0, 0.05) is 18.2 Å². The van der Waals surface area contributed by atoms with Gasteiger partial charge in [0.05, 0.1) is 11.3 Å². The first-order chi connectivity index (χ1) is 13.7. The maximum Gasteiger partial charge on any atom is 0.158 e. The standard InChI is InChI=1S/C25H20FNO/c1-27-24-20(17-11-5-2-6-12-17)21(18-13-7-3-8-14-18)25(28)22(23(24)26)19-15-9-4-10-16-19/h2-16,27-28H,1H3. The van der Waals surface area contributed by atoms with Gasteiger partial charge in [-0.25, -0.2) is 4.39 Å². The van der Waals surface area contributed by atoms with Gasteiger partial charge in [-0.3, -0.25) is 0 Å². The van der Waals surface area contributed by atoms with Gasteiger partial charge < -0.3 is 10.4 Å². The van der Waals surface area contributed by atoms with Crippen LogP contribution in [-0.2, 0) is 0 Å². The molecule has 2 nitrogen and oxygen atoms in total. The lowest BCUT2D eigenvalue weighted by Crippen LogP contribution is -2.02. The van der Waals surface area contributed by atoms with Gasteiger partial charge in [-0.05, 0) is 16.7 Å². The van der Waals surface area contributed by atoms with Crippen LogP contribution >= 0.6 is 0 Å². The number of hydrogen-bond acceptors (Lipinski definition) is 2. The molecule has 0 saturated heterocycles. The highest BCUT2D eigenvalue weighted by Crippen LogP contribution is 2.50. The monoisotopic (exact) mass is 369 g/mol. The number of halogens is 1. The van der Waals surface area contributed by atoms with Gasteiger partial charge >= 0.3 is 0 Å². The molecule has 2 N–H and O–H groups in total. The van der Waals surface area contributed by atoms with E-state index in [2.05, 4.69) is 5.32 Å². The van der Waals surface area contributed by atoms with Crippen molar-refractivity contribution in [1.29, 1.82) is 0 Å². The normalized spacial score (nSPS) is 10.6. The molecule has 0 aliphatic carbocycles. The van der Waals surface area contributed by atoms with Crippen molar-refractivity contribution < 1.29 is 9.50 Å². The lowest BCUT2D eigenvalue weighted by Gasteiger charge is -2.21. The number of aromatic hydroxyl groups is 1. The highest BCUT2D eigenvalue weighted by atomic mass is 19.1. The Bertz CT molecular complexity index is 1090. The number of hydrogen-bond donors (Lipinski definition) is 2. The van der Waals surface area contributed by atoms with Gasteiger partial charge in [-0.2, -0.15) is 0 Å². The second-order valence-electron chi connectivity index (χ2n) is 6.51. The molecular formula is C25H20FNO. The van der Waals surface area contributed by atoms with Crippen LogP contribution in [0.4, 0.5) is 10.1 Å². The van der Waals surface area contributed by atoms with E-state index < -0.39 is 5.82 Å². The molecule has 3 heteroatoms. The molecule has 4 rings (SSSR count). The van der Waals surface area contributed by atoms with E-state index in [4.69, 9.17) is 0 Å². The van der Waals surface area contributed by atoms with Crippen LogP contribution in [0.5, 0.6) is 5.75 Å². The fourth-order valence-electron chi connectivity index (χ4n) is 3.59. The van der Waals surface area contributed by atoms with Gasteiger partial charge in [0.25, 0.3) is 0 Å². The second kappa shape index (κ2) is 7.57. The van der Waals surface area contributed by atoms with E-state index in [1.807, 2.05) is 78.9 Å². The Morgan fingerprint density at radius 1 is 0.607 bits per heavy atom. The number of anilines is 1. The van der Waals surface area contributed by atoms with E-state index >= 15 is 4.39 Å². The van der Waals surface area contributed by atoms with E-state index in [9.17, 15) is 5.11 Å². The highest BCUT2D eigenvalue weighted by Gasteiger charge is 2.26. The van der Waals surface area contributed by atoms with Crippen molar-refractivity contribution in [3.8, 4) is 39.1 Å². The molecule has 0 saturated carbocycles. The average Bonchev–Trinajstić information content (AvgIpc) is 2.75. The minimum atomic E-state index is -0.468. The molecule has 0 amide bonds. The summed E-state index contributed by atoms with van der Waals surface area (Å²) in [7, 11) is 1.70. The minimum Gasteiger partial charge on any atom is -0.507 e. The zero-order chi connectivity index (χ0) is 19.5. The summed E-state index contributed by atoms with van der Waals surface area (Å²) in [5.41, 5.74) is 4.10. The molecular weight excluding hydrogens is 349 g/mol. The smallest absolute Gasteiger partial charge is 0.158 e. The SMILES string of the molecule is CNc1c(F)c(-c2ccccc2)c(O)c(-c2ccccc2)c1-c1ccccc1. The Balaban J connectivity index is 2.15. The Kier molecular flexibility index (Phi) is 4.81. The van der Waals surface area contributed by atoms with Crippen molar-refractivity contribution in [2.45, 2.75) is 0 Å². The molecule has 0 aromatic heterocycles. The van der Waals surface area contributed by atoms with E-state index in [0.29, 0.717) is 22.4 Å². The van der Waals surface area contributed by atoms with Crippen LogP contribution in [0, 0.1) is 5.82 Å². The predicted octanol–water partition coefficient (Wildman–Crippen LogP) is 6.57. The predicted molar refractivity (Wildman–Crippen MR) is 114 cm³/mol. The van der Waals surface area contributed by atoms with Gasteiger partial charge in [0.15, 0.2) is 5.82 Å². The van der Waals surface area contributed by atoms with E-state index in [1.54, 1.807) is 19.2 Å².